The van der Waals surface area contributed by atoms with Crippen molar-refractivity contribution in [1.82, 2.24) is 24.7 Å². The van der Waals surface area contributed by atoms with Gasteiger partial charge in [-0.3, -0.25) is 4.68 Å². The summed E-state index contributed by atoms with van der Waals surface area (Å²) < 4.78 is 1.90. The van der Waals surface area contributed by atoms with Crippen LogP contribution in [0.2, 0.25) is 0 Å². The first-order chi connectivity index (χ1) is 12.8. The largest absolute Gasteiger partial charge is 0.336 e. The minimum absolute atomic E-state index is 0.120. The Bertz CT molecular complexity index is 979. The quantitative estimate of drug-likeness (QED) is 0.605. The second-order valence-corrected chi connectivity index (χ2v) is 7.78. The van der Waals surface area contributed by atoms with Gasteiger partial charge in [-0.1, -0.05) is 13.8 Å². The van der Waals surface area contributed by atoms with Gasteiger partial charge < -0.3 is 16.8 Å². The van der Waals surface area contributed by atoms with Crippen molar-refractivity contribution in [3.63, 3.8) is 0 Å². The fraction of sp³-hybridized carbons (Fsp3) is 0.474. The molecule has 1 aliphatic carbocycles. The van der Waals surface area contributed by atoms with Crippen molar-refractivity contribution < 1.29 is 0 Å². The van der Waals surface area contributed by atoms with Gasteiger partial charge in [0.2, 0.25) is 5.95 Å². The molecule has 0 unspecified atom stereocenters. The summed E-state index contributed by atoms with van der Waals surface area (Å²) >= 11 is 0. The van der Waals surface area contributed by atoms with Crippen LogP contribution >= 0.6 is 0 Å². The van der Waals surface area contributed by atoms with Crippen LogP contribution in [0.4, 0.5) is 5.95 Å². The van der Waals surface area contributed by atoms with Gasteiger partial charge in [0, 0.05) is 19.3 Å². The third kappa shape index (κ3) is 3.38. The van der Waals surface area contributed by atoms with Gasteiger partial charge in [0.15, 0.2) is 0 Å². The van der Waals surface area contributed by atoms with E-state index >= 15 is 0 Å². The van der Waals surface area contributed by atoms with E-state index < -0.39 is 5.66 Å². The Kier molecular flexibility index (Phi) is 4.32. The van der Waals surface area contributed by atoms with E-state index in [-0.39, 0.29) is 6.04 Å². The molecule has 0 aromatic carbocycles. The predicted molar refractivity (Wildman–Crippen MR) is 106 cm³/mol. The summed E-state index contributed by atoms with van der Waals surface area (Å²) in [5, 5.41) is 7.81. The Morgan fingerprint density at radius 2 is 2.00 bits per heavy atom. The van der Waals surface area contributed by atoms with Gasteiger partial charge in [0.05, 0.1) is 22.7 Å². The number of rotatable bonds is 4. The molecule has 8 nitrogen and oxygen atoms in total. The standard InChI is InChI=1S/C19H26N8/c1-11(2)17-16-15(26-27(17)3)5-4-13(23-16)14-7-9-22-18(24-14)25-19(21)8-6-12(20)10-19/h4-5,7,9,11-12H,6,8,10,20-21H2,1-3H3,(H,22,24,25)/t12-,19-/m0/s1. The minimum atomic E-state index is -0.552. The minimum Gasteiger partial charge on any atom is -0.336 e. The Morgan fingerprint density at radius 3 is 2.70 bits per heavy atom. The highest BCUT2D eigenvalue weighted by molar-refractivity contribution is 5.80. The summed E-state index contributed by atoms with van der Waals surface area (Å²) in [4.78, 5) is 13.8. The zero-order valence-corrected chi connectivity index (χ0v) is 16.0. The molecular formula is C19H26N8. The molecule has 4 rings (SSSR count). The summed E-state index contributed by atoms with van der Waals surface area (Å²) in [6, 6.07) is 5.90. The number of pyridine rings is 1. The number of nitrogens with one attached hydrogen (secondary N) is 1. The van der Waals surface area contributed by atoms with Crippen LogP contribution in [-0.4, -0.2) is 36.4 Å². The molecule has 0 amide bonds. The lowest BCUT2D eigenvalue weighted by Crippen LogP contribution is -2.46. The molecular weight excluding hydrogens is 340 g/mol. The smallest absolute Gasteiger partial charge is 0.224 e. The number of hydrogen-bond acceptors (Lipinski definition) is 7. The highest BCUT2D eigenvalue weighted by Gasteiger charge is 2.34. The molecule has 0 aliphatic heterocycles. The number of nitrogens with zero attached hydrogens (tertiary/aromatic N) is 5. The summed E-state index contributed by atoms with van der Waals surface area (Å²) in [5.41, 5.74) is 16.3. The molecule has 0 radical (unpaired) electrons. The van der Waals surface area contributed by atoms with Gasteiger partial charge >= 0.3 is 0 Å². The molecule has 1 aliphatic rings. The first-order valence-electron chi connectivity index (χ1n) is 9.34. The van der Waals surface area contributed by atoms with Crippen LogP contribution in [0.3, 0.4) is 0 Å². The van der Waals surface area contributed by atoms with Crippen LogP contribution in [-0.2, 0) is 7.05 Å². The van der Waals surface area contributed by atoms with E-state index in [4.69, 9.17) is 16.5 Å². The third-order valence-electron chi connectivity index (χ3n) is 5.14. The van der Waals surface area contributed by atoms with E-state index in [0.717, 1.165) is 41.0 Å². The van der Waals surface area contributed by atoms with Crippen molar-refractivity contribution in [2.75, 3.05) is 5.32 Å². The van der Waals surface area contributed by atoms with Crippen molar-refractivity contribution >= 4 is 17.0 Å². The maximum atomic E-state index is 6.40. The number of nitrogens with two attached hydrogens (primary N) is 2. The second-order valence-electron chi connectivity index (χ2n) is 7.78. The van der Waals surface area contributed by atoms with E-state index in [2.05, 4.69) is 34.2 Å². The fourth-order valence-corrected chi connectivity index (χ4v) is 3.89. The van der Waals surface area contributed by atoms with Crippen LogP contribution in [0.25, 0.3) is 22.4 Å². The predicted octanol–water partition coefficient (Wildman–Crippen LogP) is 2.13. The zero-order chi connectivity index (χ0) is 19.2. The molecule has 3 aromatic rings. The molecule has 1 fully saturated rings. The number of fused-ring (bicyclic) bond motifs is 1. The average molecular weight is 366 g/mol. The molecule has 142 valence electrons. The lowest BCUT2D eigenvalue weighted by atomic mass is 10.1. The maximum absolute atomic E-state index is 6.40. The van der Waals surface area contributed by atoms with Gasteiger partial charge in [-0.25, -0.2) is 15.0 Å². The molecule has 2 atom stereocenters. The van der Waals surface area contributed by atoms with Crippen LogP contribution in [0.5, 0.6) is 0 Å². The monoisotopic (exact) mass is 366 g/mol. The van der Waals surface area contributed by atoms with Gasteiger partial charge in [-0.05, 0) is 43.4 Å². The Hall–Kier alpha value is -2.58. The van der Waals surface area contributed by atoms with Gasteiger partial charge in [0.25, 0.3) is 0 Å². The number of anilines is 1. The normalized spacial score (nSPS) is 22.7. The van der Waals surface area contributed by atoms with Gasteiger partial charge in [0.1, 0.15) is 11.0 Å². The molecule has 8 heteroatoms. The van der Waals surface area contributed by atoms with Crippen molar-refractivity contribution in [1.29, 1.82) is 0 Å². The molecule has 0 saturated heterocycles. The molecule has 0 bridgehead atoms. The Morgan fingerprint density at radius 1 is 1.22 bits per heavy atom. The van der Waals surface area contributed by atoms with Crippen molar-refractivity contribution in [3.8, 4) is 11.4 Å². The zero-order valence-electron chi connectivity index (χ0n) is 16.0. The maximum Gasteiger partial charge on any atom is 0.224 e. The lowest BCUT2D eigenvalue weighted by Gasteiger charge is -2.25. The van der Waals surface area contributed by atoms with Crippen molar-refractivity contribution in [2.45, 2.75) is 50.7 Å². The summed E-state index contributed by atoms with van der Waals surface area (Å²) in [7, 11) is 1.95. The first kappa shape index (κ1) is 17.8. The van der Waals surface area contributed by atoms with E-state index in [1.165, 1.54) is 0 Å². The summed E-state index contributed by atoms with van der Waals surface area (Å²) in [5.74, 6) is 0.829. The number of aromatic nitrogens is 5. The Labute approximate surface area is 158 Å². The molecule has 1 saturated carbocycles. The van der Waals surface area contributed by atoms with E-state index in [0.29, 0.717) is 18.3 Å². The fourth-order valence-electron chi connectivity index (χ4n) is 3.89. The molecule has 5 N–H and O–H groups in total. The summed E-state index contributed by atoms with van der Waals surface area (Å²) in [6.45, 7) is 4.29. The topological polar surface area (TPSA) is 121 Å². The van der Waals surface area contributed by atoms with Crippen LogP contribution in [0, 0.1) is 0 Å². The highest BCUT2D eigenvalue weighted by atomic mass is 15.3. The molecule has 3 aromatic heterocycles. The van der Waals surface area contributed by atoms with Crippen LogP contribution in [0.1, 0.15) is 44.7 Å². The van der Waals surface area contributed by atoms with Gasteiger partial charge in [-0.2, -0.15) is 5.10 Å². The van der Waals surface area contributed by atoms with Crippen molar-refractivity contribution in [3.05, 3.63) is 30.1 Å². The number of hydrogen-bond donors (Lipinski definition) is 3. The van der Waals surface area contributed by atoms with Crippen LogP contribution in [0.15, 0.2) is 24.4 Å². The average Bonchev–Trinajstić information content (AvgIpc) is 3.12. The van der Waals surface area contributed by atoms with E-state index in [1.54, 1.807) is 6.20 Å². The number of aryl methyl sites for hydroxylation is 1. The SMILES string of the molecule is CC(C)c1c2nc(-c3ccnc(N[C@@]4(N)CC[C@H](N)C4)n3)ccc2nn1C. The van der Waals surface area contributed by atoms with Crippen molar-refractivity contribution in [2.24, 2.45) is 18.5 Å². The molecule has 0 spiro atoms. The molecule has 3 heterocycles. The summed E-state index contributed by atoms with van der Waals surface area (Å²) in [6.07, 6.45) is 4.14. The van der Waals surface area contributed by atoms with E-state index in [1.807, 2.05) is 29.9 Å². The third-order valence-corrected chi connectivity index (χ3v) is 5.14. The molecule has 27 heavy (non-hydrogen) atoms. The van der Waals surface area contributed by atoms with Crippen LogP contribution < -0.4 is 16.8 Å². The van der Waals surface area contributed by atoms with Gasteiger partial charge in [-0.15, -0.1) is 0 Å². The Balaban J connectivity index is 1.68. The second kappa shape index (κ2) is 6.54. The van der Waals surface area contributed by atoms with E-state index in [9.17, 15) is 0 Å². The lowest BCUT2D eigenvalue weighted by molar-refractivity contribution is 0.490. The first-order valence-corrected chi connectivity index (χ1v) is 9.34. The highest BCUT2D eigenvalue weighted by Crippen LogP contribution is 2.29.